The number of aliphatic hydroxyl groups is 1. The van der Waals surface area contributed by atoms with Crippen LogP contribution in [-0.2, 0) is 0 Å². The molecule has 0 spiro atoms. The number of benzene rings is 1. The highest BCUT2D eigenvalue weighted by Crippen LogP contribution is 2.26. The van der Waals surface area contributed by atoms with Crippen LogP contribution in [0.1, 0.15) is 45.3 Å². The predicted octanol–water partition coefficient (Wildman–Crippen LogP) is 4.02. The maximum absolute atomic E-state index is 9.64. The van der Waals surface area contributed by atoms with Crippen molar-refractivity contribution in [3.05, 3.63) is 29.8 Å². The highest BCUT2D eigenvalue weighted by Gasteiger charge is 2.05. The molecule has 0 saturated carbocycles. The third-order valence-corrected chi connectivity index (χ3v) is 3.84. The molecular weight excluding hydrogens is 204 g/mol. The highest BCUT2D eigenvalue weighted by atomic mass is 32.2. The second kappa shape index (κ2) is 6.19. The number of thioether (sulfide) groups is 1. The van der Waals surface area contributed by atoms with Crippen molar-refractivity contribution in [1.82, 2.24) is 0 Å². The minimum absolute atomic E-state index is 0.312. The summed E-state index contributed by atoms with van der Waals surface area (Å²) in [6.07, 6.45) is 1.65. The van der Waals surface area contributed by atoms with Gasteiger partial charge >= 0.3 is 0 Å². The normalized spacial score (nSPS) is 14.9. The summed E-state index contributed by atoms with van der Waals surface area (Å²) in [5.41, 5.74) is 1.02. The molecule has 1 aromatic carbocycles. The van der Waals surface area contributed by atoms with Gasteiger partial charge in [-0.1, -0.05) is 32.9 Å². The van der Waals surface area contributed by atoms with Gasteiger partial charge in [0.05, 0.1) is 6.10 Å². The van der Waals surface area contributed by atoms with Gasteiger partial charge in [-0.3, -0.25) is 0 Å². The molecule has 1 rings (SSSR count). The number of rotatable bonds is 5. The Morgan fingerprint density at radius 1 is 1.13 bits per heavy atom. The molecule has 0 fully saturated rings. The molecule has 0 saturated heterocycles. The number of hydrogen-bond acceptors (Lipinski definition) is 2. The fraction of sp³-hybridized carbons (Fsp3) is 0.538. The van der Waals surface area contributed by atoms with E-state index < -0.39 is 0 Å². The van der Waals surface area contributed by atoms with Crippen LogP contribution in [0.5, 0.6) is 0 Å². The topological polar surface area (TPSA) is 20.2 Å². The monoisotopic (exact) mass is 224 g/mol. The van der Waals surface area contributed by atoms with Gasteiger partial charge in [-0.05, 0) is 30.5 Å². The van der Waals surface area contributed by atoms with E-state index in [4.69, 9.17) is 0 Å². The molecule has 1 aromatic rings. The first-order valence-corrected chi connectivity index (χ1v) is 6.50. The minimum atomic E-state index is -0.312. The molecule has 1 N–H and O–H groups in total. The van der Waals surface area contributed by atoms with E-state index in [0.717, 1.165) is 12.0 Å². The molecule has 1 nitrogen and oxygen atoms in total. The molecule has 2 heteroatoms. The van der Waals surface area contributed by atoms with Gasteiger partial charge < -0.3 is 5.11 Å². The van der Waals surface area contributed by atoms with Gasteiger partial charge in [0.2, 0.25) is 0 Å². The van der Waals surface area contributed by atoms with Gasteiger partial charge in [0.25, 0.3) is 0 Å². The Kier molecular flexibility index (Phi) is 5.20. The lowest BCUT2D eigenvalue weighted by Gasteiger charge is -2.11. The van der Waals surface area contributed by atoms with Crippen molar-refractivity contribution in [2.24, 2.45) is 0 Å². The van der Waals surface area contributed by atoms with E-state index in [1.54, 1.807) is 0 Å². The van der Waals surface area contributed by atoms with Gasteiger partial charge in [-0.2, -0.15) is 0 Å². The fourth-order valence-corrected chi connectivity index (χ4v) is 2.24. The van der Waals surface area contributed by atoms with Crippen LogP contribution in [0.2, 0.25) is 0 Å². The largest absolute Gasteiger partial charge is 0.388 e. The predicted molar refractivity (Wildman–Crippen MR) is 67.3 cm³/mol. The summed E-state index contributed by atoms with van der Waals surface area (Å²) in [6, 6.07) is 8.26. The molecule has 0 heterocycles. The molecule has 0 aliphatic heterocycles. The summed E-state index contributed by atoms with van der Waals surface area (Å²) in [5.74, 6) is 0. The zero-order valence-corrected chi connectivity index (χ0v) is 10.6. The molecule has 2 atom stereocenters. The minimum Gasteiger partial charge on any atom is -0.388 e. The molecule has 84 valence electrons. The van der Waals surface area contributed by atoms with E-state index in [0.29, 0.717) is 5.25 Å². The molecule has 0 aromatic heterocycles. The van der Waals surface area contributed by atoms with Crippen molar-refractivity contribution in [3.63, 3.8) is 0 Å². The molecule has 0 aliphatic carbocycles. The zero-order chi connectivity index (χ0) is 11.3. The lowest BCUT2D eigenvalue weighted by atomic mass is 10.1. The first-order chi connectivity index (χ1) is 7.17. The van der Waals surface area contributed by atoms with Crippen molar-refractivity contribution in [3.8, 4) is 0 Å². The molecular formula is C13H20OS. The van der Waals surface area contributed by atoms with Crippen molar-refractivity contribution >= 4 is 11.8 Å². The molecule has 0 aliphatic rings. The van der Waals surface area contributed by atoms with Crippen LogP contribution in [0.3, 0.4) is 0 Å². The van der Waals surface area contributed by atoms with Crippen LogP contribution in [0.15, 0.2) is 29.2 Å². The van der Waals surface area contributed by atoms with Crippen LogP contribution < -0.4 is 0 Å². The SMILES string of the molecule is CCC(C)Sc1ccc([C@H](O)CC)cc1. The molecule has 0 radical (unpaired) electrons. The highest BCUT2D eigenvalue weighted by molar-refractivity contribution is 7.99. The van der Waals surface area contributed by atoms with Gasteiger partial charge in [0.1, 0.15) is 0 Å². The van der Waals surface area contributed by atoms with Crippen LogP contribution in [-0.4, -0.2) is 10.4 Å². The Morgan fingerprint density at radius 3 is 2.20 bits per heavy atom. The van der Waals surface area contributed by atoms with Crippen LogP contribution in [0, 0.1) is 0 Å². The Bertz CT molecular complexity index is 281. The third-order valence-electron chi connectivity index (χ3n) is 2.56. The van der Waals surface area contributed by atoms with Gasteiger partial charge in [-0.15, -0.1) is 11.8 Å². The fourth-order valence-electron chi connectivity index (χ4n) is 1.32. The maximum atomic E-state index is 9.64. The van der Waals surface area contributed by atoms with Gasteiger partial charge in [0, 0.05) is 10.1 Å². The van der Waals surface area contributed by atoms with E-state index in [1.165, 1.54) is 11.3 Å². The molecule has 15 heavy (non-hydrogen) atoms. The van der Waals surface area contributed by atoms with Crippen molar-refractivity contribution in [2.75, 3.05) is 0 Å². The lowest BCUT2D eigenvalue weighted by Crippen LogP contribution is -1.95. The Hall–Kier alpha value is -0.470. The van der Waals surface area contributed by atoms with Crippen LogP contribution in [0.4, 0.5) is 0 Å². The smallest absolute Gasteiger partial charge is 0.0787 e. The first-order valence-electron chi connectivity index (χ1n) is 5.62. The summed E-state index contributed by atoms with van der Waals surface area (Å²) in [7, 11) is 0. The van der Waals surface area contributed by atoms with E-state index in [9.17, 15) is 5.11 Å². The van der Waals surface area contributed by atoms with E-state index in [-0.39, 0.29) is 6.10 Å². The standard InChI is InChI=1S/C13H20OS/c1-4-10(3)15-12-8-6-11(7-9-12)13(14)5-2/h6-10,13-14H,4-5H2,1-3H3/t10?,13-/m1/s1. The third kappa shape index (κ3) is 3.88. The first kappa shape index (κ1) is 12.6. The number of aliphatic hydroxyl groups excluding tert-OH is 1. The van der Waals surface area contributed by atoms with Crippen LogP contribution >= 0.6 is 11.8 Å². The number of hydrogen-bond donors (Lipinski definition) is 1. The average molecular weight is 224 g/mol. The van der Waals surface area contributed by atoms with Gasteiger partial charge in [-0.25, -0.2) is 0 Å². The quantitative estimate of drug-likeness (QED) is 0.762. The van der Waals surface area contributed by atoms with E-state index in [2.05, 4.69) is 26.0 Å². The van der Waals surface area contributed by atoms with Gasteiger partial charge in [0.15, 0.2) is 0 Å². The molecule has 0 amide bonds. The van der Waals surface area contributed by atoms with Crippen LogP contribution in [0.25, 0.3) is 0 Å². The second-order valence-corrected chi connectivity index (χ2v) is 5.34. The lowest BCUT2D eigenvalue weighted by molar-refractivity contribution is 0.173. The van der Waals surface area contributed by atoms with Crippen molar-refractivity contribution in [1.29, 1.82) is 0 Å². The summed E-state index contributed by atoms with van der Waals surface area (Å²) >= 11 is 1.89. The van der Waals surface area contributed by atoms with Crippen molar-refractivity contribution in [2.45, 2.75) is 49.9 Å². The Balaban J connectivity index is 2.64. The maximum Gasteiger partial charge on any atom is 0.0787 e. The Labute approximate surface area is 96.9 Å². The van der Waals surface area contributed by atoms with Crippen molar-refractivity contribution < 1.29 is 5.11 Å². The Morgan fingerprint density at radius 2 is 1.73 bits per heavy atom. The summed E-state index contributed by atoms with van der Waals surface area (Å²) < 4.78 is 0. The molecule has 1 unspecified atom stereocenters. The zero-order valence-electron chi connectivity index (χ0n) is 9.73. The summed E-state index contributed by atoms with van der Waals surface area (Å²) in [5, 5.41) is 10.3. The van der Waals surface area contributed by atoms with E-state index >= 15 is 0 Å². The summed E-state index contributed by atoms with van der Waals surface area (Å²) in [6.45, 7) is 6.43. The van der Waals surface area contributed by atoms with E-state index in [1.807, 2.05) is 30.8 Å². The second-order valence-electron chi connectivity index (χ2n) is 3.83. The molecule has 0 bridgehead atoms. The average Bonchev–Trinajstić information content (AvgIpc) is 2.29. The summed E-state index contributed by atoms with van der Waals surface area (Å²) in [4.78, 5) is 1.29.